The van der Waals surface area contributed by atoms with E-state index < -0.39 is 41.9 Å². The number of carbonyl (C=O) groups excluding carboxylic acids is 1. The van der Waals surface area contributed by atoms with Crippen LogP contribution in [0.15, 0.2) is 0 Å². The monoisotopic (exact) mass is 432 g/mol. The second-order valence-corrected chi connectivity index (χ2v) is 9.59. The van der Waals surface area contributed by atoms with Gasteiger partial charge in [-0.2, -0.15) is 0 Å². The molecule has 4 unspecified atom stereocenters. The van der Waals surface area contributed by atoms with Crippen LogP contribution < -0.4 is 5.73 Å². The Kier molecular flexibility index (Phi) is 10.7. The van der Waals surface area contributed by atoms with Gasteiger partial charge in [-0.3, -0.25) is 4.79 Å². The Bertz CT molecular complexity index is 530. The van der Waals surface area contributed by atoms with Gasteiger partial charge in [-0.1, -0.05) is 13.8 Å². The molecule has 1 aliphatic rings. The maximum Gasteiger partial charge on any atom is 0.311 e. The average Bonchev–Trinajstić information content (AvgIpc) is 2.68. The number of aliphatic hydroxyl groups excluding tert-OH is 1. The van der Waals surface area contributed by atoms with Crippen LogP contribution >= 0.6 is 0 Å². The highest BCUT2D eigenvalue weighted by Gasteiger charge is 2.45. The van der Waals surface area contributed by atoms with Crippen molar-refractivity contribution in [3.63, 3.8) is 0 Å². The number of esters is 1. The summed E-state index contributed by atoms with van der Waals surface area (Å²) in [5, 5.41) is 22.2. The number of hydrogen-bond donors (Lipinski definition) is 3. The van der Waals surface area contributed by atoms with Crippen LogP contribution in [-0.4, -0.2) is 85.1 Å². The zero-order chi connectivity index (χ0) is 23.2. The summed E-state index contributed by atoms with van der Waals surface area (Å²) >= 11 is 0. The molecular weight excluding hydrogens is 388 g/mol. The van der Waals surface area contributed by atoms with Gasteiger partial charge >= 0.3 is 5.97 Å². The first-order valence-electron chi connectivity index (χ1n) is 11.0. The molecule has 1 aliphatic heterocycles. The van der Waals surface area contributed by atoms with E-state index in [2.05, 4.69) is 4.90 Å². The molecular formula is C22H44N2O6. The Labute approximate surface area is 182 Å². The number of nitrogens with two attached hydrogens (primary N) is 1. The van der Waals surface area contributed by atoms with Crippen LogP contribution in [0.1, 0.15) is 53.9 Å². The summed E-state index contributed by atoms with van der Waals surface area (Å²) in [6, 6.07) is 0.293. The highest BCUT2D eigenvalue weighted by molar-refractivity contribution is 5.72. The first kappa shape index (κ1) is 27.3. The molecule has 1 saturated heterocycles. The predicted octanol–water partition coefficient (Wildman–Crippen LogP) is 1.37. The fourth-order valence-corrected chi connectivity index (χ4v) is 4.45. The molecule has 1 fully saturated rings. The van der Waals surface area contributed by atoms with Crippen LogP contribution in [0, 0.1) is 17.8 Å². The van der Waals surface area contributed by atoms with Crippen LogP contribution in [0.2, 0.25) is 0 Å². The number of rotatable bonds is 11. The number of aliphatic hydroxyl groups is 2. The second kappa shape index (κ2) is 11.7. The molecule has 0 amide bonds. The standard InChI is InChI=1S/C22H44N2O6/c1-13(12-23)11-22(5,27)20(15(3)19(25)16(4)21(26)28-8)30-18-10-17(24(6)7)9-14(2)29-18/h13-20,25,27H,9-12,23H2,1-8H3/t13-,14?,15+,16?,17?,18?,19+,20-,22-/m1/s1. The van der Waals surface area contributed by atoms with Crippen molar-refractivity contribution in [1.29, 1.82) is 0 Å². The van der Waals surface area contributed by atoms with E-state index in [1.165, 1.54) is 7.11 Å². The van der Waals surface area contributed by atoms with E-state index >= 15 is 0 Å². The van der Waals surface area contributed by atoms with Crippen molar-refractivity contribution in [3.8, 4) is 0 Å². The molecule has 9 atom stereocenters. The summed E-state index contributed by atoms with van der Waals surface area (Å²) in [7, 11) is 5.35. The van der Waals surface area contributed by atoms with Gasteiger partial charge in [0, 0.05) is 18.4 Å². The number of ether oxygens (including phenoxy) is 3. The lowest BCUT2D eigenvalue weighted by Crippen LogP contribution is -2.54. The van der Waals surface area contributed by atoms with Gasteiger partial charge in [0.2, 0.25) is 0 Å². The second-order valence-electron chi connectivity index (χ2n) is 9.59. The Morgan fingerprint density at radius 2 is 1.90 bits per heavy atom. The van der Waals surface area contributed by atoms with Crippen molar-refractivity contribution in [2.24, 2.45) is 23.5 Å². The number of hydrogen-bond acceptors (Lipinski definition) is 8. The lowest BCUT2D eigenvalue weighted by molar-refractivity contribution is -0.267. The Hall–Kier alpha value is -0.770. The van der Waals surface area contributed by atoms with E-state index in [1.807, 2.05) is 27.9 Å². The van der Waals surface area contributed by atoms with Gasteiger partial charge in [0.1, 0.15) is 0 Å². The predicted molar refractivity (Wildman–Crippen MR) is 116 cm³/mol. The number of carbonyl (C=O) groups is 1. The smallest absolute Gasteiger partial charge is 0.311 e. The van der Waals surface area contributed by atoms with Gasteiger partial charge in [-0.05, 0) is 60.2 Å². The summed E-state index contributed by atoms with van der Waals surface area (Å²) in [6.07, 6.45) is -0.356. The topological polar surface area (TPSA) is 114 Å². The Morgan fingerprint density at radius 3 is 2.40 bits per heavy atom. The molecule has 0 bridgehead atoms. The summed E-state index contributed by atoms with van der Waals surface area (Å²) < 4.78 is 17.2. The first-order chi connectivity index (χ1) is 13.8. The van der Waals surface area contributed by atoms with Crippen LogP contribution in [0.5, 0.6) is 0 Å². The van der Waals surface area contributed by atoms with Crippen molar-refractivity contribution in [2.75, 3.05) is 27.7 Å². The molecule has 30 heavy (non-hydrogen) atoms. The minimum atomic E-state index is -1.27. The van der Waals surface area contributed by atoms with E-state index in [0.717, 1.165) is 6.42 Å². The summed E-state index contributed by atoms with van der Waals surface area (Å²) in [6.45, 7) is 9.50. The van der Waals surface area contributed by atoms with E-state index in [4.69, 9.17) is 19.9 Å². The quantitative estimate of drug-likeness (QED) is 0.420. The molecule has 0 aromatic rings. The van der Waals surface area contributed by atoms with E-state index in [-0.39, 0.29) is 12.0 Å². The largest absolute Gasteiger partial charge is 0.469 e. The maximum absolute atomic E-state index is 12.0. The minimum absolute atomic E-state index is 0.0129. The van der Waals surface area contributed by atoms with Crippen molar-refractivity contribution >= 4 is 5.97 Å². The first-order valence-corrected chi connectivity index (χ1v) is 11.0. The number of methoxy groups -OCH3 is 1. The lowest BCUT2D eigenvalue weighted by Gasteiger charge is -2.44. The van der Waals surface area contributed by atoms with Crippen molar-refractivity contribution in [3.05, 3.63) is 0 Å². The number of nitrogens with zero attached hydrogens (tertiary/aromatic N) is 1. The van der Waals surface area contributed by atoms with Crippen LogP contribution in [0.4, 0.5) is 0 Å². The fraction of sp³-hybridized carbons (Fsp3) is 0.955. The molecule has 8 heteroatoms. The van der Waals surface area contributed by atoms with Crippen LogP contribution in [-0.2, 0) is 19.0 Å². The van der Waals surface area contributed by atoms with Gasteiger partial charge < -0.3 is 35.1 Å². The Balaban J connectivity index is 3.12. The molecule has 4 N–H and O–H groups in total. The Morgan fingerprint density at radius 1 is 1.30 bits per heavy atom. The van der Waals surface area contributed by atoms with Gasteiger partial charge in [0.15, 0.2) is 6.29 Å². The average molecular weight is 433 g/mol. The third kappa shape index (κ3) is 7.43. The molecule has 8 nitrogen and oxygen atoms in total. The highest BCUT2D eigenvalue weighted by atomic mass is 16.7. The maximum atomic E-state index is 12.0. The summed E-state index contributed by atoms with van der Waals surface area (Å²) in [5.74, 6) is -1.73. The molecule has 0 aromatic carbocycles. The SMILES string of the molecule is COC(=O)C(C)[C@@H](O)[C@H](C)[C@@H](OC1CC(N(C)C)CC(C)O1)[C@](C)(O)C[C@@H](C)CN. The third-order valence-corrected chi connectivity index (χ3v) is 6.36. The van der Waals surface area contributed by atoms with E-state index in [1.54, 1.807) is 20.8 Å². The van der Waals surface area contributed by atoms with Gasteiger partial charge in [0.05, 0.1) is 36.9 Å². The molecule has 178 valence electrons. The van der Waals surface area contributed by atoms with Gasteiger partial charge in [0.25, 0.3) is 0 Å². The van der Waals surface area contributed by atoms with Crippen molar-refractivity contribution in [2.45, 2.75) is 90.1 Å². The lowest BCUT2D eigenvalue weighted by atomic mass is 9.78. The molecule has 1 rings (SSSR count). The molecule has 1 heterocycles. The summed E-state index contributed by atoms with van der Waals surface area (Å²) in [4.78, 5) is 14.1. The molecule has 0 radical (unpaired) electrons. The van der Waals surface area contributed by atoms with Gasteiger partial charge in [-0.25, -0.2) is 0 Å². The van der Waals surface area contributed by atoms with Crippen molar-refractivity contribution in [1.82, 2.24) is 4.90 Å². The fourth-order valence-electron chi connectivity index (χ4n) is 4.45. The van der Waals surface area contributed by atoms with E-state index in [9.17, 15) is 15.0 Å². The van der Waals surface area contributed by atoms with Gasteiger partial charge in [-0.15, -0.1) is 0 Å². The molecule has 0 saturated carbocycles. The zero-order valence-electron chi connectivity index (χ0n) is 20.0. The summed E-state index contributed by atoms with van der Waals surface area (Å²) in [5.41, 5.74) is 4.51. The van der Waals surface area contributed by atoms with Crippen molar-refractivity contribution < 1.29 is 29.2 Å². The van der Waals surface area contributed by atoms with Crippen LogP contribution in [0.3, 0.4) is 0 Å². The highest BCUT2D eigenvalue weighted by Crippen LogP contribution is 2.34. The normalized spacial score (nSPS) is 29.5. The van der Waals surface area contributed by atoms with Crippen LogP contribution in [0.25, 0.3) is 0 Å². The van der Waals surface area contributed by atoms with E-state index in [0.29, 0.717) is 25.4 Å². The zero-order valence-corrected chi connectivity index (χ0v) is 20.0. The molecule has 0 aliphatic carbocycles. The molecule has 0 spiro atoms. The minimum Gasteiger partial charge on any atom is -0.469 e. The molecule has 0 aromatic heterocycles. The third-order valence-electron chi connectivity index (χ3n) is 6.36.